The normalized spacial score (nSPS) is 13.6. The zero-order valence-electron chi connectivity index (χ0n) is 29.6. The number of hydrogen-bond acceptors (Lipinski definition) is 8. The van der Waals surface area contributed by atoms with E-state index in [0.717, 1.165) is 44.9 Å². The largest absolute Gasteiger partial charge is 0.472 e. The molecule has 0 radical (unpaired) electrons. The Labute approximate surface area is 281 Å². The van der Waals surface area contributed by atoms with E-state index < -0.39 is 32.5 Å². The van der Waals surface area contributed by atoms with Crippen molar-refractivity contribution in [2.45, 2.75) is 180 Å². The van der Waals surface area contributed by atoms with Crippen molar-refractivity contribution in [3.05, 3.63) is 12.2 Å². The molecule has 10 heteroatoms. The van der Waals surface area contributed by atoms with Crippen LogP contribution in [0.15, 0.2) is 12.2 Å². The Hall–Kier alpha value is -1.25. The van der Waals surface area contributed by atoms with E-state index in [4.69, 9.17) is 24.3 Å². The lowest BCUT2D eigenvalue weighted by Gasteiger charge is -2.19. The Bertz CT molecular complexity index is 779. The second kappa shape index (κ2) is 33.6. The first-order valence-corrected chi connectivity index (χ1v) is 20.2. The van der Waals surface area contributed by atoms with Crippen molar-refractivity contribution in [1.82, 2.24) is 0 Å². The van der Waals surface area contributed by atoms with Gasteiger partial charge in [-0.25, -0.2) is 4.57 Å². The fourth-order valence-corrected chi connectivity index (χ4v) is 5.86. The summed E-state index contributed by atoms with van der Waals surface area (Å²) in [6.07, 6.45) is 31.0. The van der Waals surface area contributed by atoms with Crippen molar-refractivity contribution in [2.24, 2.45) is 5.73 Å². The zero-order valence-corrected chi connectivity index (χ0v) is 30.5. The van der Waals surface area contributed by atoms with E-state index in [1.54, 1.807) is 0 Å². The first-order valence-electron chi connectivity index (χ1n) is 18.7. The van der Waals surface area contributed by atoms with E-state index in [-0.39, 0.29) is 32.6 Å². The maximum atomic E-state index is 12.5. The third-order valence-electron chi connectivity index (χ3n) is 7.90. The molecule has 0 aromatic rings. The summed E-state index contributed by atoms with van der Waals surface area (Å²) in [5.74, 6) is -0.845. The standard InChI is InChI=1S/C36H70NO8P/c1-3-5-7-9-11-13-15-16-17-18-19-21-22-24-26-28-35(38)42-32-34(33-44-46(40,41)43-31-30-37)45-36(39)29-27-25-23-20-14-12-10-8-6-4-2/h18-19,34H,3-17,20-33,37H2,1-2H3,(H,40,41)/b19-18+/t34-/m0/s1. The van der Waals surface area contributed by atoms with Crippen LogP contribution in [-0.4, -0.2) is 49.3 Å². The molecule has 9 nitrogen and oxygen atoms in total. The number of phosphoric acid groups is 1. The monoisotopic (exact) mass is 675 g/mol. The van der Waals surface area contributed by atoms with Gasteiger partial charge in [-0.15, -0.1) is 0 Å². The maximum absolute atomic E-state index is 12.5. The highest BCUT2D eigenvalue weighted by molar-refractivity contribution is 7.47. The van der Waals surface area contributed by atoms with E-state index in [1.807, 2.05) is 0 Å². The second-order valence-electron chi connectivity index (χ2n) is 12.4. The summed E-state index contributed by atoms with van der Waals surface area (Å²) in [7, 11) is -4.36. The number of ether oxygens (including phenoxy) is 2. The predicted octanol–water partition coefficient (Wildman–Crippen LogP) is 9.88. The molecular weight excluding hydrogens is 605 g/mol. The Morgan fingerprint density at radius 3 is 1.57 bits per heavy atom. The minimum Gasteiger partial charge on any atom is -0.462 e. The molecule has 0 aliphatic carbocycles. The van der Waals surface area contributed by atoms with Gasteiger partial charge in [-0.3, -0.25) is 18.6 Å². The third kappa shape index (κ3) is 32.7. The molecular formula is C36H70NO8P. The van der Waals surface area contributed by atoms with Crippen molar-refractivity contribution >= 4 is 19.8 Å². The number of nitrogens with two attached hydrogens (primary N) is 1. The molecule has 0 saturated carbocycles. The van der Waals surface area contributed by atoms with Gasteiger partial charge in [0.2, 0.25) is 0 Å². The Morgan fingerprint density at radius 1 is 0.630 bits per heavy atom. The van der Waals surface area contributed by atoms with Crippen molar-refractivity contribution in [3.63, 3.8) is 0 Å². The van der Waals surface area contributed by atoms with Gasteiger partial charge in [-0.1, -0.05) is 135 Å². The van der Waals surface area contributed by atoms with Gasteiger partial charge in [0.15, 0.2) is 6.10 Å². The SMILES string of the molecule is CCCCCCCCCC/C=C/CCCCCC(=O)OC[C@@H](COP(=O)(O)OCCN)OC(=O)CCCCCCCCCCCC. The highest BCUT2D eigenvalue weighted by Crippen LogP contribution is 2.43. The van der Waals surface area contributed by atoms with Crippen LogP contribution in [0.3, 0.4) is 0 Å². The van der Waals surface area contributed by atoms with Gasteiger partial charge in [0.05, 0.1) is 13.2 Å². The molecule has 0 heterocycles. The Kier molecular flexibility index (Phi) is 32.7. The van der Waals surface area contributed by atoms with Crippen molar-refractivity contribution in [3.8, 4) is 0 Å². The third-order valence-corrected chi connectivity index (χ3v) is 8.89. The van der Waals surface area contributed by atoms with Crippen molar-refractivity contribution in [1.29, 1.82) is 0 Å². The van der Waals surface area contributed by atoms with Crippen LogP contribution in [-0.2, 0) is 32.7 Å². The van der Waals surface area contributed by atoms with Crippen LogP contribution in [0.4, 0.5) is 0 Å². The molecule has 0 fully saturated rings. The van der Waals surface area contributed by atoms with Gasteiger partial charge in [0.1, 0.15) is 6.61 Å². The van der Waals surface area contributed by atoms with Crippen LogP contribution in [0.1, 0.15) is 174 Å². The number of carbonyl (C=O) groups excluding carboxylic acids is 2. The number of carbonyl (C=O) groups is 2. The summed E-state index contributed by atoms with van der Waals surface area (Å²) >= 11 is 0. The maximum Gasteiger partial charge on any atom is 0.472 e. The summed E-state index contributed by atoms with van der Waals surface area (Å²) in [5.41, 5.74) is 5.32. The minimum atomic E-state index is -4.36. The molecule has 3 N–H and O–H groups in total. The van der Waals surface area contributed by atoms with E-state index in [9.17, 15) is 19.0 Å². The molecule has 0 aliphatic rings. The van der Waals surface area contributed by atoms with Gasteiger partial charge in [0.25, 0.3) is 0 Å². The second-order valence-corrected chi connectivity index (χ2v) is 13.9. The summed E-state index contributed by atoms with van der Waals surface area (Å²) in [5, 5.41) is 0. The average molecular weight is 676 g/mol. The van der Waals surface area contributed by atoms with Gasteiger partial charge in [-0.05, 0) is 38.5 Å². The average Bonchev–Trinajstić information content (AvgIpc) is 3.04. The van der Waals surface area contributed by atoms with E-state index >= 15 is 0 Å². The van der Waals surface area contributed by atoms with E-state index in [0.29, 0.717) is 12.8 Å². The number of rotatable bonds is 35. The lowest BCUT2D eigenvalue weighted by molar-refractivity contribution is -0.161. The van der Waals surface area contributed by atoms with Gasteiger partial charge >= 0.3 is 19.8 Å². The van der Waals surface area contributed by atoms with Crippen molar-refractivity contribution in [2.75, 3.05) is 26.4 Å². The van der Waals surface area contributed by atoms with Gasteiger partial charge < -0.3 is 20.1 Å². The lowest BCUT2D eigenvalue weighted by atomic mass is 10.1. The van der Waals surface area contributed by atoms with Crippen LogP contribution < -0.4 is 5.73 Å². The Balaban J connectivity index is 4.22. The quantitative estimate of drug-likeness (QED) is 0.0291. The summed E-state index contributed by atoms with van der Waals surface area (Å²) in [4.78, 5) is 34.6. The number of allylic oxidation sites excluding steroid dienone is 2. The number of unbranched alkanes of at least 4 members (excludes halogenated alkanes) is 20. The molecule has 0 bridgehead atoms. The minimum absolute atomic E-state index is 0.0540. The summed E-state index contributed by atoms with van der Waals surface area (Å²) in [6.45, 7) is 3.69. The van der Waals surface area contributed by atoms with Crippen LogP contribution in [0.2, 0.25) is 0 Å². The lowest BCUT2D eigenvalue weighted by Crippen LogP contribution is -2.29. The predicted molar refractivity (Wildman–Crippen MR) is 188 cm³/mol. The topological polar surface area (TPSA) is 134 Å². The smallest absolute Gasteiger partial charge is 0.462 e. The highest BCUT2D eigenvalue weighted by Gasteiger charge is 2.25. The van der Waals surface area contributed by atoms with Gasteiger partial charge in [-0.2, -0.15) is 0 Å². The highest BCUT2D eigenvalue weighted by atomic mass is 31.2. The molecule has 0 saturated heterocycles. The van der Waals surface area contributed by atoms with Crippen LogP contribution in [0, 0.1) is 0 Å². The van der Waals surface area contributed by atoms with Gasteiger partial charge in [0, 0.05) is 19.4 Å². The molecule has 0 aromatic heterocycles. The molecule has 46 heavy (non-hydrogen) atoms. The van der Waals surface area contributed by atoms with E-state index in [1.165, 1.54) is 89.9 Å². The zero-order chi connectivity index (χ0) is 34.0. The first kappa shape index (κ1) is 44.8. The molecule has 0 rings (SSSR count). The molecule has 0 amide bonds. The number of hydrogen-bond donors (Lipinski definition) is 2. The fraction of sp³-hybridized carbons (Fsp3) is 0.889. The molecule has 272 valence electrons. The van der Waals surface area contributed by atoms with Crippen LogP contribution >= 0.6 is 7.82 Å². The molecule has 0 aromatic carbocycles. The molecule has 2 atom stereocenters. The van der Waals surface area contributed by atoms with Crippen LogP contribution in [0.25, 0.3) is 0 Å². The fourth-order valence-electron chi connectivity index (χ4n) is 5.10. The molecule has 0 aliphatic heterocycles. The van der Waals surface area contributed by atoms with Crippen LogP contribution in [0.5, 0.6) is 0 Å². The summed E-state index contributed by atoms with van der Waals surface area (Å²) < 4.78 is 32.6. The number of phosphoric ester groups is 1. The molecule has 0 spiro atoms. The molecule has 1 unspecified atom stereocenters. The van der Waals surface area contributed by atoms with E-state index in [2.05, 4.69) is 26.0 Å². The van der Waals surface area contributed by atoms with Crippen molar-refractivity contribution < 1.29 is 37.6 Å². The Morgan fingerprint density at radius 2 is 1.07 bits per heavy atom. The number of esters is 2. The summed E-state index contributed by atoms with van der Waals surface area (Å²) in [6, 6.07) is 0. The first-order chi connectivity index (χ1) is 22.3.